The molecule has 0 aromatic carbocycles. The molecule has 0 amide bonds. The van der Waals surface area contributed by atoms with Gasteiger partial charge in [-0.05, 0) is 19.6 Å². The Kier molecular flexibility index (Phi) is 4.20. The second-order valence-electron chi connectivity index (χ2n) is 1.25. The van der Waals surface area contributed by atoms with Crippen molar-refractivity contribution in [3.05, 3.63) is 6.92 Å². The quantitative estimate of drug-likeness (QED) is 0.551. The Hall–Kier alpha value is 0.0200. The van der Waals surface area contributed by atoms with Gasteiger partial charge in [0.2, 0.25) is 0 Å². The molecule has 7 heavy (non-hydrogen) atoms. The molecule has 0 spiro atoms. The topological polar surface area (TPSA) is 17.1 Å². The van der Waals surface area contributed by atoms with Gasteiger partial charge >= 0.3 is 0 Å². The van der Waals surface area contributed by atoms with E-state index in [1.807, 2.05) is 0 Å². The van der Waals surface area contributed by atoms with Crippen molar-refractivity contribution in [1.29, 1.82) is 0 Å². The maximum atomic E-state index is 10.2. The van der Waals surface area contributed by atoms with E-state index in [2.05, 4.69) is 6.92 Å². The molecule has 0 fully saturated rings. The van der Waals surface area contributed by atoms with E-state index in [0.29, 0.717) is 5.75 Å². The van der Waals surface area contributed by atoms with Crippen molar-refractivity contribution in [2.24, 2.45) is 0 Å². The number of carbonyl (C=O) groups is 1. The van der Waals surface area contributed by atoms with Crippen LogP contribution in [0.5, 0.6) is 0 Å². The van der Waals surface area contributed by atoms with E-state index in [0.717, 1.165) is 5.75 Å². The Labute approximate surface area is 48.5 Å². The summed E-state index contributed by atoms with van der Waals surface area (Å²) >= 11 is 1.56. The van der Waals surface area contributed by atoms with Crippen LogP contribution in [0.1, 0.15) is 6.92 Å². The number of thioether (sulfide) groups is 1. The first kappa shape index (κ1) is 7.02. The van der Waals surface area contributed by atoms with Gasteiger partial charge in [0.1, 0.15) is 5.78 Å². The third-order valence-electron chi connectivity index (χ3n) is 0.450. The molecule has 2 heteroatoms. The molecular formula is C5H9OS. The molecule has 0 unspecified atom stereocenters. The van der Waals surface area contributed by atoms with Crippen LogP contribution in [0.25, 0.3) is 0 Å². The van der Waals surface area contributed by atoms with E-state index in [1.165, 1.54) is 0 Å². The number of hydrogen-bond donors (Lipinski definition) is 0. The van der Waals surface area contributed by atoms with Crippen LogP contribution < -0.4 is 0 Å². The molecular weight excluding hydrogens is 108 g/mol. The summed E-state index contributed by atoms with van der Waals surface area (Å²) in [5, 5.41) is 0. The molecule has 1 nitrogen and oxygen atoms in total. The first-order valence-corrected chi connectivity index (χ1v) is 3.29. The van der Waals surface area contributed by atoms with Crippen molar-refractivity contribution in [3.63, 3.8) is 0 Å². The van der Waals surface area contributed by atoms with Gasteiger partial charge in [-0.3, -0.25) is 4.79 Å². The fourth-order valence-electron chi connectivity index (χ4n) is 0.216. The maximum absolute atomic E-state index is 10.2. The molecule has 0 bridgehead atoms. The van der Waals surface area contributed by atoms with Gasteiger partial charge < -0.3 is 0 Å². The van der Waals surface area contributed by atoms with Gasteiger partial charge in [0.15, 0.2) is 0 Å². The van der Waals surface area contributed by atoms with Crippen LogP contribution in [0.4, 0.5) is 0 Å². The third kappa shape index (κ3) is 6.02. The third-order valence-corrected chi connectivity index (χ3v) is 1.35. The van der Waals surface area contributed by atoms with Crippen molar-refractivity contribution in [2.75, 3.05) is 11.5 Å². The van der Waals surface area contributed by atoms with E-state index < -0.39 is 0 Å². The summed E-state index contributed by atoms with van der Waals surface area (Å²) in [6, 6.07) is 0. The molecule has 0 aliphatic carbocycles. The number of Topliss-reactive ketones (excluding diaryl/α,β-unsaturated/α-hetero) is 1. The minimum Gasteiger partial charge on any atom is -0.299 e. The maximum Gasteiger partial charge on any atom is 0.139 e. The average Bonchev–Trinajstić information content (AvgIpc) is 1.61. The molecule has 0 rings (SSSR count). The zero-order chi connectivity index (χ0) is 5.70. The fraction of sp³-hybridized carbons (Fsp3) is 0.600. The number of hydrogen-bond acceptors (Lipinski definition) is 2. The summed E-state index contributed by atoms with van der Waals surface area (Å²) < 4.78 is 0. The van der Waals surface area contributed by atoms with Crippen molar-refractivity contribution in [2.45, 2.75) is 6.92 Å². The van der Waals surface area contributed by atoms with Crippen LogP contribution >= 0.6 is 11.8 Å². The van der Waals surface area contributed by atoms with E-state index in [4.69, 9.17) is 0 Å². The molecule has 41 valence electrons. The summed E-state index contributed by atoms with van der Waals surface area (Å²) in [5.74, 6) is 1.64. The van der Waals surface area contributed by atoms with E-state index in [9.17, 15) is 4.79 Å². The van der Waals surface area contributed by atoms with Crippen LogP contribution in [0.3, 0.4) is 0 Å². The molecule has 0 aliphatic heterocycles. The summed E-state index contributed by atoms with van der Waals surface area (Å²) in [7, 11) is 0. The first-order valence-electron chi connectivity index (χ1n) is 2.14. The van der Waals surface area contributed by atoms with Crippen LogP contribution in [-0.2, 0) is 4.79 Å². The molecule has 0 aromatic heterocycles. The van der Waals surface area contributed by atoms with E-state index >= 15 is 0 Å². The highest BCUT2D eigenvalue weighted by Gasteiger charge is 1.87. The highest BCUT2D eigenvalue weighted by Crippen LogP contribution is 1.95. The molecule has 0 aromatic rings. The molecule has 0 aliphatic rings. The van der Waals surface area contributed by atoms with Crippen LogP contribution in [0.15, 0.2) is 0 Å². The largest absolute Gasteiger partial charge is 0.299 e. The predicted molar refractivity (Wildman–Crippen MR) is 33.4 cm³/mol. The molecule has 1 radical (unpaired) electrons. The minimum absolute atomic E-state index is 0.230. The zero-order valence-corrected chi connectivity index (χ0v) is 5.25. The van der Waals surface area contributed by atoms with Gasteiger partial charge in [-0.15, -0.1) is 0 Å². The Morgan fingerprint density at radius 2 is 2.43 bits per heavy atom. The lowest BCUT2D eigenvalue weighted by molar-refractivity contribution is -0.114. The monoisotopic (exact) mass is 117 g/mol. The molecule has 0 N–H and O–H groups in total. The van der Waals surface area contributed by atoms with E-state index in [1.54, 1.807) is 18.7 Å². The average molecular weight is 117 g/mol. The van der Waals surface area contributed by atoms with Crippen LogP contribution in [0.2, 0.25) is 0 Å². The van der Waals surface area contributed by atoms with Crippen molar-refractivity contribution >= 4 is 17.5 Å². The van der Waals surface area contributed by atoms with Gasteiger partial charge in [0.25, 0.3) is 0 Å². The molecule has 0 heterocycles. The minimum atomic E-state index is 0.230. The standard InChI is InChI=1S/C5H9OS/c1-3-7-4-5(2)6/h1,3-4H2,2H3. The smallest absolute Gasteiger partial charge is 0.139 e. The summed E-state index contributed by atoms with van der Waals surface area (Å²) in [5.41, 5.74) is 0. The molecule has 0 saturated heterocycles. The van der Waals surface area contributed by atoms with Gasteiger partial charge in [0, 0.05) is 0 Å². The van der Waals surface area contributed by atoms with E-state index in [-0.39, 0.29) is 5.78 Å². The Morgan fingerprint density at radius 1 is 1.86 bits per heavy atom. The summed E-state index contributed by atoms with van der Waals surface area (Å²) in [6.45, 7) is 5.15. The SMILES string of the molecule is [CH2]CSCC(C)=O. The molecule has 0 saturated carbocycles. The van der Waals surface area contributed by atoms with Gasteiger partial charge in [0.05, 0.1) is 5.75 Å². The lowest BCUT2D eigenvalue weighted by Gasteiger charge is -1.87. The summed E-state index contributed by atoms with van der Waals surface area (Å²) in [6.07, 6.45) is 0. The Balaban J connectivity index is 2.82. The van der Waals surface area contributed by atoms with Gasteiger partial charge in [-0.1, -0.05) is 0 Å². The fourth-order valence-corrected chi connectivity index (χ4v) is 0.648. The van der Waals surface area contributed by atoms with Crippen molar-refractivity contribution in [1.82, 2.24) is 0 Å². The highest BCUT2D eigenvalue weighted by molar-refractivity contribution is 8.00. The van der Waals surface area contributed by atoms with Crippen LogP contribution in [0, 0.1) is 6.92 Å². The first-order chi connectivity index (χ1) is 3.27. The number of carbonyl (C=O) groups excluding carboxylic acids is 1. The van der Waals surface area contributed by atoms with Gasteiger partial charge in [-0.2, -0.15) is 11.8 Å². The highest BCUT2D eigenvalue weighted by atomic mass is 32.2. The number of rotatable bonds is 3. The normalized spacial score (nSPS) is 8.86. The van der Waals surface area contributed by atoms with Crippen molar-refractivity contribution < 1.29 is 4.79 Å². The van der Waals surface area contributed by atoms with Gasteiger partial charge in [-0.25, -0.2) is 0 Å². The predicted octanol–water partition coefficient (Wildman–Crippen LogP) is 1.14. The lowest BCUT2D eigenvalue weighted by atomic mass is 10.5. The zero-order valence-electron chi connectivity index (χ0n) is 4.44. The second-order valence-corrected chi connectivity index (χ2v) is 2.36. The Morgan fingerprint density at radius 3 is 2.57 bits per heavy atom. The molecule has 0 atom stereocenters. The lowest BCUT2D eigenvalue weighted by Crippen LogP contribution is -1.92. The Bertz CT molecular complexity index is 61.1. The second kappa shape index (κ2) is 4.19. The van der Waals surface area contributed by atoms with Crippen molar-refractivity contribution in [3.8, 4) is 0 Å². The van der Waals surface area contributed by atoms with Crippen LogP contribution in [-0.4, -0.2) is 17.3 Å². The summed E-state index contributed by atoms with van der Waals surface area (Å²) in [4.78, 5) is 10.2. The number of ketones is 1.